The summed E-state index contributed by atoms with van der Waals surface area (Å²) in [6.45, 7) is 2.91. The smallest absolute Gasteiger partial charge is 0.356 e. The molecular weight excluding hydrogens is 250 g/mol. The summed E-state index contributed by atoms with van der Waals surface area (Å²) in [6, 6.07) is 1.46. The SMILES string of the molecule is CC(C(=O)N1CCCC1)n1nc(C(=O)O)ccc1=O. The van der Waals surface area contributed by atoms with Crippen LogP contribution in [0.5, 0.6) is 0 Å². The maximum atomic E-state index is 12.2. The van der Waals surface area contributed by atoms with Gasteiger partial charge >= 0.3 is 5.97 Å². The first-order valence-corrected chi connectivity index (χ1v) is 6.12. The minimum absolute atomic E-state index is 0.199. The molecule has 1 fully saturated rings. The molecule has 1 N–H and O–H groups in total. The van der Waals surface area contributed by atoms with Gasteiger partial charge in [0.05, 0.1) is 0 Å². The standard InChI is InChI=1S/C12H15N3O4/c1-8(11(17)14-6-2-3-7-14)15-10(16)5-4-9(13-15)12(18)19/h4-5,8H,2-3,6-7H2,1H3,(H,18,19). The number of rotatable bonds is 3. The average molecular weight is 265 g/mol. The van der Waals surface area contributed by atoms with Gasteiger partial charge in [0.15, 0.2) is 5.69 Å². The molecule has 1 aromatic heterocycles. The van der Waals surface area contributed by atoms with Crippen LogP contribution in [0.3, 0.4) is 0 Å². The lowest BCUT2D eigenvalue weighted by atomic mass is 10.3. The third-order valence-electron chi connectivity index (χ3n) is 3.19. The summed E-state index contributed by atoms with van der Waals surface area (Å²) in [7, 11) is 0. The summed E-state index contributed by atoms with van der Waals surface area (Å²) >= 11 is 0. The van der Waals surface area contributed by atoms with Crippen molar-refractivity contribution >= 4 is 11.9 Å². The van der Waals surface area contributed by atoms with Crippen molar-refractivity contribution in [2.75, 3.05) is 13.1 Å². The summed E-state index contributed by atoms with van der Waals surface area (Å²) in [6.07, 6.45) is 1.91. The van der Waals surface area contributed by atoms with Gasteiger partial charge < -0.3 is 10.0 Å². The summed E-state index contributed by atoms with van der Waals surface area (Å²) in [5, 5.41) is 12.6. The third-order valence-corrected chi connectivity index (χ3v) is 3.19. The molecule has 1 atom stereocenters. The third kappa shape index (κ3) is 2.64. The Balaban J connectivity index is 2.29. The van der Waals surface area contributed by atoms with E-state index in [0.29, 0.717) is 13.1 Å². The fraction of sp³-hybridized carbons (Fsp3) is 0.500. The molecule has 1 aliphatic heterocycles. The molecule has 1 unspecified atom stereocenters. The Bertz CT molecular complexity index is 560. The van der Waals surface area contributed by atoms with Gasteiger partial charge in [-0.1, -0.05) is 0 Å². The average Bonchev–Trinajstić information content (AvgIpc) is 2.91. The Morgan fingerprint density at radius 1 is 1.32 bits per heavy atom. The highest BCUT2D eigenvalue weighted by atomic mass is 16.4. The molecule has 0 radical (unpaired) electrons. The zero-order chi connectivity index (χ0) is 14.0. The minimum atomic E-state index is -1.23. The van der Waals surface area contributed by atoms with Crippen molar-refractivity contribution in [3.8, 4) is 0 Å². The lowest BCUT2D eigenvalue weighted by Crippen LogP contribution is -2.39. The van der Waals surface area contributed by atoms with Crippen LogP contribution >= 0.6 is 0 Å². The first kappa shape index (κ1) is 13.3. The van der Waals surface area contributed by atoms with E-state index in [-0.39, 0.29) is 11.6 Å². The Morgan fingerprint density at radius 2 is 1.95 bits per heavy atom. The van der Waals surface area contributed by atoms with Gasteiger partial charge in [-0.05, 0) is 25.8 Å². The number of hydrogen-bond acceptors (Lipinski definition) is 4. The number of carbonyl (C=O) groups is 2. The highest BCUT2D eigenvalue weighted by Crippen LogP contribution is 2.13. The Morgan fingerprint density at radius 3 is 2.53 bits per heavy atom. The summed E-state index contributed by atoms with van der Waals surface area (Å²) < 4.78 is 0.935. The monoisotopic (exact) mass is 265 g/mol. The first-order chi connectivity index (χ1) is 9.00. The van der Waals surface area contributed by atoms with Crippen LogP contribution in [0.4, 0.5) is 0 Å². The van der Waals surface area contributed by atoms with Crippen molar-refractivity contribution in [3.63, 3.8) is 0 Å². The van der Waals surface area contributed by atoms with Crippen molar-refractivity contribution < 1.29 is 14.7 Å². The van der Waals surface area contributed by atoms with Crippen molar-refractivity contribution in [3.05, 3.63) is 28.2 Å². The molecule has 19 heavy (non-hydrogen) atoms. The fourth-order valence-electron chi connectivity index (χ4n) is 2.12. The van der Waals surface area contributed by atoms with Crippen LogP contribution in [0.1, 0.15) is 36.3 Å². The Hall–Kier alpha value is -2.18. The predicted octanol–water partition coefficient (Wildman–Crippen LogP) is 0.125. The molecule has 1 aliphatic rings. The van der Waals surface area contributed by atoms with Crippen LogP contribution in [0, 0.1) is 0 Å². The van der Waals surface area contributed by atoms with E-state index >= 15 is 0 Å². The summed E-state index contributed by atoms with van der Waals surface area (Å²) in [4.78, 5) is 36.4. The van der Waals surface area contributed by atoms with Crippen molar-refractivity contribution in [2.24, 2.45) is 0 Å². The largest absolute Gasteiger partial charge is 0.476 e. The van der Waals surface area contributed by atoms with Gasteiger partial charge in [-0.3, -0.25) is 9.59 Å². The van der Waals surface area contributed by atoms with Gasteiger partial charge in [-0.25, -0.2) is 9.48 Å². The highest BCUT2D eigenvalue weighted by Gasteiger charge is 2.26. The molecule has 7 heteroatoms. The van der Waals surface area contributed by atoms with Crippen molar-refractivity contribution in [1.82, 2.24) is 14.7 Å². The Kier molecular flexibility index (Phi) is 3.64. The molecule has 7 nitrogen and oxygen atoms in total. The molecule has 0 aliphatic carbocycles. The van der Waals surface area contributed by atoms with E-state index in [1.165, 1.54) is 0 Å². The van der Waals surface area contributed by atoms with E-state index in [2.05, 4.69) is 5.10 Å². The van der Waals surface area contributed by atoms with E-state index in [1.807, 2.05) is 0 Å². The number of hydrogen-bond donors (Lipinski definition) is 1. The van der Waals surface area contributed by atoms with E-state index in [9.17, 15) is 14.4 Å². The number of carboxylic acid groups (broad SMARTS) is 1. The number of carboxylic acids is 1. The topological polar surface area (TPSA) is 92.5 Å². The maximum absolute atomic E-state index is 12.2. The molecule has 1 amide bonds. The molecule has 0 bridgehead atoms. The lowest BCUT2D eigenvalue weighted by Gasteiger charge is -2.21. The van der Waals surface area contributed by atoms with Gasteiger partial charge in [-0.2, -0.15) is 5.10 Å². The van der Waals surface area contributed by atoms with Gasteiger partial charge in [0.25, 0.3) is 5.56 Å². The second-order valence-electron chi connectivity index (χ2n) is 4.51. The summed E-state index contributed by atoms with van der Waals surface area (Å²) in [5.41, 5.74) is -0.731. The molecule has 2 rings (SSSR count). The van der Waals surface area contributed by atoms with Gasteiger partial charge in [-0.15, -0.1) is 0 Å². The van der Waals surface area contributed by atoms with Gasteiger partial charge in [0.1, 0.15) is 6.04 Å². The van der Waals surface area contributed by atoms with E-state index in [1.54, 1.807) is 11.8 Å². The Labute approximate surface area is 109 Å². The first-order valence-electron chi connectivity index (χ1n) is 6.12. The highest BCUT2D eigenvalue weighted by molar-refractivity contribution is 5.85. The molecule has 0 saturated carbocycles. The number of nitrogens with zero attached hydrogens (tertiary/aromatic N) is 3. The van der Waals surface area contributed by atoms with Crippen molar-refractivity contribution in [2.45, 2.75) is 25.8 Å². The van der Waals surface area contributed by atoms with Gasteiger partial charge in [0, 0.05) is 19.2 Å². The zero-order valence-corrected chi connectivity index (χ0v) is 10.6. The molecule has 102 valence electrons. The van der Waals surface area contributed by atoms with Crippen LogP contribution in [0.2, 0.25) is 0 Å². The van der Waals surface area contributed by atoms with E-state index in [4.69, 9.17) is 5.11 Å². The molecule has 1 saturated heterocycles. The fourth-order valence-corrected chi connectivity index (χ4v) is 2.12. The van der Waals surface area contributed by atoms with Crippen LogP contribution in [-0.4, -0.2) is 44.8 Å². The van der Waals surface area contributed by atoms with Crippen LogP contribution in [-0.2, 0) is 4.79 Å². The molecular formula is C12H15N3O4. The normalized spacial score (nSPS) is 16.4. The number of amides is 1. The quantitative estimate of drug-likeness (QED) is 0.838. The van der Waals surface area contributed by atoms with E-state index in [0.717, 1.165) is 29.7 Å². The van der Waals surface area contributed by atoms with Gasteiger partial charge in [0.2, 0.25) is 5.91 Å². The molecule has 2 heterocycles. The summed E-state index contributed by atoms with van der Waals surface area (Å²) in [5.74, 6) is -1.43. The van der Waals surface area contributed by atoms with Crippen LogP contribution in [0.15, 0.2) is 16.9 Å². The minimum Gasteiger partial charge on any atom is -0.476 e. The number of carbonyl (C=O) groups excluding carboxylic acids is 1. The predicted molar refractivity (Wildman–Crippen MR) is 66.0 cm³/mol. The van der Waals surface area contributed by atoms with E-state index < -0.39 is 17.6 Å². The second-order valence-corrected chi connectivity index (χ2v) is 4.51. The number of aromatic carboxylic acids is 1. The number of aromatic nitrogens is 2. The molecule has 0 aromatic carbocycles. The molecule has 1 aromatic rings. The molecule has 0 spiro atoms. The lowest BCUT2D eigenvalue weighted by molar-refractivity contribution is -0.133. The zero-order valence-electron chi connectivity index (χ0n) is 10.6. The second kappa shape index (κ2) is 5.21. The maximum Gasteiger partial charge on any atom is 0.356 e. The van der Waals surface area contributed by atoms with Crippen molar-refractivity contribution in [1.29, 1.82) is 0 Å². The number of likely N-dealkylation sites (tertiary alicyclic amines) is 1. The van der Waals surface area contributed by atoms with Crippen LogP contribution in [0.25, 0.3) is 0 Å². The van der Waals surface area contributed by atoms with Crippen LogP contribution < -0.4 is 5.56 Å².